The number of carbonyl (C=O) groups excluding carboxylic acids is 1. The van der Waals surface area contributed by atoms with E-state index in [0.29, 0.717) is 34.9 Å². The molecule has 0 bridgehead atoms. The molecule has 6 heteroatoms. The Morgan fingerprint density at radius 1 is 1.35 bits per heavy atom. The molecule has 0 aliphatic heterocycles. The van der Waals surface area contributed by atoms with Crippen molar-refractivity contribution in [1.29, 1.82) is 0 Å². The molecule has 2 N–H and O–H groups in total. The molecule has 2 aromatic rings. The molecule has 0 aromatic carbocycles. The maximum Gasteiger partial charge on any atom is 0.255 e. The van der Waals surface area contributed by atoms with Gasteiger partial charge in [0.15, 0.2) is 0 Å². The maximum atomic E-state index is 12.4. The van der Waals surface area contributed by atoms with Crippen molar-refractivity contribution in [2.45, 2.75) is 58.4 Å². The normalized spacial score (nSPS) is 15.6. The van der Waals surface area contributed by atoms with Crippen LogP contribution in [-0.2, 0) is 0 Å². The molecule has 1 fully saturated rings. The van der Waals surface area contributed by atoms with Gasteiger partial charge in [0.25, 0.3) is 5.91 Å². The van der Waals surface area contributed by atoms with Crippen molar-refractivity contribution in [1.82, 2.24) is 15.3 Å². The zero-order valence-electron chi connectivity index (χ0n) is 14.0. The molecular formula is C17H24N4O2. The largest absolute Gasteiger partial charge is 0.445 e. The molecule has 0 atom stereocenters. The summed E-state index contributed by atoms with van der Waals surface area (Å²) in [6.45, 7) is 6.79. The summed E-state index contributed by atoms with van der Waals surface area (Å²) in [5.74, 6) is 1.20. The lowest BCUT2D eigenvalue weighted by Crippen LogP contribution is -2.25. The number of fused-ring (bicyclic) bond motifs is 1. The van der Waals surface area contributed by atoms with Crippen molar-refractivity contribution < 1.29 is 9.21 Å². The highest BCUT2D eigenvalue weighted by molar-refractivity contribution is 6.08. The van der Waals surface area contributed by atoms with Crippen LogP contribution in [-0.4, -0.2) is 28.0 Å². The summed E-state index contributed by atoms with van der Waals surface area (Å²) in [7, 11) is 0. The molecule has 0 saturated heterocycles. The average molecular weight is 316 g/mol. The summed E-state index contributed by atoms with van der Waals surface area (Å²) < 4.78 is 5.50. The first-order valence-corrected chi connectivity index (χ1v) is 8.34. The van der Waals surface area contributed by atoms with Crippen LogP contribution in [0.5, 0.6) is 0 Å². The van der Waals surface area contributed by atoms with E-state index in [1.165, 1.54) is 6.26 Å². The number of unbranched alkanes of at least 4 members (excludes halogenated alkanes) is 2. The van der Waals surface area contributed by atoms with Gasteiger partial charge in [0.2, 0.25) is 5.71 Å². The maximum absolute atomic E-state index is 12.4. The Labute approximate surface area is 136 Å². The smallest absolute Gasteiger partial charge is 0.255 e. The van der Waals surface area contributed by atoms with Gasteiger partial charge in [0.05, 0.1) is 10.9 Å². The fraction of sp³-hybridized carbons (Fsp3) is 0.588. The second kappa shape index (κ2) is 6.18. The van der Waals surface area contributed by atoms with Crippen molar-refractivity contribution in [2.75, 3.05) is 11.9 Å². The van der Waals surface area contributed by atoms with Crippen LogP contribution in [0, 0.1) is 6.92 Å². The van der Waals surface area contributed by atoms with Crippen LogP contribution < -0.4 is 10.6 Å². The van der Waals surface area contributed by atoms with E-state index in [1.54, 1.807) is 0 Å². The van der Waals surface area contributed by atoms with E-state index >= 15 is 0 Å². The SMILES string of the molecule is CCCCCNC(=O)c1coc2nc(C)nc(NC3(C)CC3)c12. The molecule has 0 radical (unpaired) electrons. The van der Waals surface area contributed by atoms with Gasteiger partial charge in [0, 0.05) is 12.1 Å². The first-order chi connectivity index (χ1) is 11.0. The molecule has 124 valence electrons. The van der Waals surface area contributed by atoms with Gasteiger partial charge < -0.3 is 15.1 Å². The second-order valence-electron chi connectivity index (χ2n) is 6.60. The van der Waals surface area contributed by atoms with Crippen molar-refractivity contribution >= 4 is 22.8 Å². The molecule has 2 aromatic heterocycles. The van der Waals surface area contributed by atoms with Crippen molar-refractivity contribution in [3.05, 3.63) is 17.7 Å². The van der Waals surface area contributed by atoms with E-state index in [-0.39, 0.29) is 11.4 Å². The lowest BCUT2D eigenvalue weighted by atomic mass is 10.2. The van der Waals surface area contributed by atoms with Gasteiger partial charge in [-0.1, -0.05) is 19.8 Å². The lowest BCUT2D eigenvalue weighted by Gasteiger charge is -2.14. The van der Waals surface area contributed by atoms with E-state index < -0.39 is 0 Å². The number of hydrogen-bond donors (Lipinski definition) is 2. The van der Waals surface area contributed by atoms with Gasteiger partial charge in [-0.05, 0) is 33.1 Å². The molecule has 0 spiro atoms. The monoisotopic (exact) mass is 316 g/mol. The number of rotatable bonds is 7. The number of nitrogens with zero attached hydrogens (tertiary/aromatic N) is 2. The van der Waals surface area contributed by atoms with E-state index in [2.05, 4.69) is 34.4 Å². The minimum Gasteiger partial charge on any atom is -0.445 e. The Morgan fingerprint density at radius 3 is 2.83 bits per heavy atom. The van der Waals surface area contributed by atoms with Gasteiger partial charge in [-0.15, -0.1) is 0 Å². The molecule has 1 saturated carbocycles. The summed E-state index contributed by atoms with van der Waals surface area (Å²) >= 11 is 0. The van der Waals surface area contributed by atoms with Crippen LogP contribution in [0.25, 0.3) is 11.1 Å². The quantitative estimate of drug-likeness (QED) is 0.765. The van der Waals surface area contributed by atoms with E-state index in [0.717, 1.165) is 32.1 Å². The topological polar surface area (TPSA) is 80.1 Å². The van der Waals surface area contributed by atoms with Crippen LogP contribution in [0.3, 0.4) is 0 Å². The zero-order valence-corrected chi connectivity index (χ0v) is 14.0. The number of aryl methyl sites for hydroxylation is 1. The first-order valence-electron chi connectivity index (χ1n) is 8.34. The Morgan fingerprint density at radius 2 is 2.13 bits per heavy atom. The van der Waals surface area contributed by atoms with E-state index in [4.69, 9.17) is 4.42 Å². The van der Waals surface area contributed by atoms with Gasteiger partial charge in [-0.3, -0.25) is 4.79 Å². The highest BCUT2D eigenvalue weighted by Gasteiger charge is 2.38. The third-order valence-electron chi connectivity index (χ3n) is 4.28. The number of furan rings is 1. The average Bonchev–Trinajstić information content (AvgIpc) is 3.07. The predicted molar refractivity (Wildman–Crippen MR) is 89.7 cm³/mol. The summed E-state index contributed by atoms with van der Waals surface area (Å²) in [5, 5.41) is 7.07. The van der Waals surface area contributed by atoms with Crippen molar-refractivity contribution in [3.8, 4) is 0 Å². The molecular weight excluding hydrogens is 292 g/mol. The van der Waals surface area contributed by atoms with Crippen molar-refractivity contribution in [2.24, 2.45) is 0 Å². The van der Waals surface area contributed by atoms with Gasteiger partial charge >= 0.3 is 0 Å². The standard InChI is InChI=1S/C17H24N4O2/c1-4-5-6-9-18-15(22)12-10-23-16-13(12)14(19-11(2)20-16)21-17(3)7-8-17/h10H,4-9H2,1-3H3,(H,18,22)(H,19,20,21). The second-order valence-corrected chi connectivity index (χ2v) is 6.60. The number of hydrogen-bond acceptors (Lipinski definition) is 5. The minimum absolute atomic E-state index is 0.0693. The number of amides is 1. The van der Waals surface area contributed by atoms with Crippen LogP contribution in [0.4, 0.5) is 5.82 Å². The summed E-state index contributed by atoms with van der Waals surface area (Å²) in [4.78, 5) is 21.2. The number of carbonyl (C=O) groups is 1. The third-order valence-corrected chi connectivity index (χ3v) is 4.28. The summed E-state index contributed by atoms with van der Waals surface area (Å²) in [6, 6.07) is 0. The molecule has 23 heavy (non-hydrogen) atoms. The molecule has 0 unspecified atom stereocenters. The molecule has 1 aliphatic carbocycles. The van der Waals surface area contributed by atoms with Gasteiger partial charge in [-0.25, -0.2) is 4.98 Å². The minimum atomic E-state index is -0.128. The summed E-state index contributed by atoms with van der Waals surface area (Å²) in [5.41, 5.74) is 1.03. The highest BCUT2D eigenvalue weighted by Crippen LogP contribution is 2.39. The highest BCUT2D eigenvalue weighted by atomic mass is 16.3. The summed E-state index contributed by atoms with van der Waals surface area (Å²) in [6.07, 6.45) is 6.91. The van der Waals surface area contributed by atoms with Crippen LogP contribution >= 0.6 is 0 Å². The Hall–Kier alpha value is -2.11. The molecule has 6 nitrogen and oxygen atoms in total. The van der Waals surface area contributed by atoms with E-state index in [1.807, 2.05) is 6.92 Å². The fourth-order valence-corrected chi connectivity index (χ4v) is 2.58. The molecule has 2 heterocycles. The Kier molecular flexibility index (Phi) is 4.24. The number of nitrogens with one attached hydrogen (secondary N) is 2. The molecule has 3 rings (SSSR count). The lowest BCUT2D eigenvalue weighted by molar-refractivity contribution is 0.0953. The number of anilines is 1. The molecule has 1 amide bonds. The zero-order chi connectivity index (χ0) is 16.4. The van der Waals surface area contributed by atoms with Crippen molar-refractivity contribution in [3.63, 3.8) is 0 Å². The van der Waals surface area contributed by atoms with Gasteiger partial charge in [-0.2, -0.15) is 4.98 Å². The Balaban J connectivity index is 1.87. The molecule has 1 aliphatic rings. The third kappa shape index (κ3) is 3.46. The predicted octanol–water partition coefficient (Wildman–Crippen LogP) is 3.42. The number of aromatic nitrogens is 2. The Bertz CT molecular complexity index is 719. The van der Waals surface area contributed by atoms with Crippen LogP contribution in [0.15, 0.2) is 10.7 Å². The van der Waals surface area contributed by atoms with E-state index in [9.17, 15) is 4.79 Å². The van der Waals surface area contributed by atoms with Crippen LogP contribution in [0.2, 0.25) is 0 Å². The van der Waals surface area contributed by atoms with Crippen LogP contribution in [0.1, 0.15) is 62.1 Å². The first kappa shape index (κ1) is 15.8. The van der Waals surface area contributed by atoms with Gasteiger partial charge in [0.1, 0.15) is 17.9 Å². The fourth-order valence-electron chi connectivity index (χ4n) is 2.58.